The topological polar surface area (TPSA) is 52.6 Å². The fraction of sp³-hybridized carbons (Fsp3) is 0.750. The third-order valence-electron chi connectivity index (χ3n) is 1.98. The molecule has 0 aliphatic heterocycles. The van der Waals surface area contributed by atoms with Crippen LogP contribution in [0.25, 0.3) is 0 Å². The first-order valence-electron chi connectivity index (χ1n) is 3.81. The Morgan fingerprint density at radius 2 is 2.08 bits per heavy atom. The molecular formula is C8H11CeO4-. The molecule has 0 unspecified atom stereocenters. The van der Waals surface area contributed by atoms with E-state index in [1.54, 1.807) is 0 Å². The molecule has 1 rings (SSSR count). The maximum atomic E-state index is 10.5. The van der Waals surface area contributed by atoms with Crippen LogP contribution in [0.5, 0.6) is 0 Å². The maximum Gasteiger partial charge on any atom is 0.302 e. The van der Waals surface area contributed by atoms with Crippen LogP contribution in [0.2, 0.25) is 0 Å². The maximum absolute atomic E-state index is 10.5. The monoisotopic (exact) mass is 311 g/mol. The van der Waals surface area contributed by atoms with E-state index in [-0.39, 0.29) is 53.1 Å². The number of carbonyl (C=O) groups excluding carboxylic acids is 2. The van der Waals surface area contributed by atoms with E-state index in [0.29, 0.717) is 13.2 Å². The van der Waals surface area contributed by atoms with Gasteiger partial charge in [-0.05, 0) is 12.8 Å². The molecule has 5 heteroatoms. The van der Waals surface area contributed by atoms with Gasteiger partial charge < -0.3 is 14.3 Å². The molecule has 0 bridgehead atoms. The van der Waals surface area contributed by atoms with Crippen molar-refractivity contribution < 1.29 is 60.8 Å². The van der Waals surface area contributed by atoms with Gasteiger partial charge in [0.2, 0.25) is 0 Å². The Labute approximate surface area is 111 Å². The van der Waals surface area contributed by atoms with E-state index in [1.807, 2.05) is 0 Å². The minimum Gasteiger partial charge on any atom is -0.652 e. The second-order valence-corrected chi connectivity index (χ2v) is 3.15. The molecule has 0 aromatic heterocycles. The van der Waals surface area contributed by atoms with Crippen LogP contribution < -0.4 is 0 Å². The van der Waals surface area contributed by atoms with E-state index in [4.69, 9.17) is 4.74 Å². The van der Waals surface area contributed by atoms with Crippen molar-refractivity contribution in [1.29, 1.82) is 0 Å². The molecule has 0 spiro atoms. The molecule has 1 aliphatic rings. The smallest absolute Gasteiger partial charge is 0.302 e. The minimum absolute atomic E-state index is 0. The second-order valence-electron chi connectivity index (χ2n) is 3.15. The van der Waals surface area contributed by atoms with Crippen LogP contribution >= 0.6 is 0 Å². The van der Waals surface area contributed by atoms with E-state index in [0.717, 1.165) is 12.8 Å². The third kappa shape index (κ3) is 4.92. The number of hydrogen-bond acceptors (Lipinski definition) is 4. The molecule has 0 atom stereocenters. The summed E-state index contributed by atoms with van der Waals surface area (Å²) in [6, 6.07) is 0. The summed E-state index contributed by atoms with van der Waals surface area (Å²) < 4.78 is 9.31. The van der Waals surface area contributed by atoms with Gasteiger partial charge in [-0.1, -0.05) is 6.47 Å². The van der Waals surface area contributed by atoms with Crippen LogP contribution in [-0.2, 0) is 19.1 Å². The van der Waals surface area contributed by atoms with Crippen molar-refractivity contribution in [2.45, 2.75) is 19.8 Å². The van der Waals surface area contributed by atoms with Gasteiger partial charge in [-0.3, -0.25) is 4.79 Å². The number of rotatable bonds is 5. The van der Waals surface area contributed by atoms with Crippen molar-refractivity contribution >= 4 is 12.4 Å². The van der Waals surface area contributed by atoms with Crippen molar-refractivity contribution in [2.75, 3.05) is 13.2 Å². The van der Waals surface area contributed by atoms with Gasteiger partial charge in [-0.25, -0.2) is 0 Å². The average molecular weight is 311 g/mol. The molecular weight excluding hydrogens is 300 g/mol. The Kier molecular flexibility index (Phi) is 6.07. The van der Waals surface area contributed by atoms with Gasteiger partial charge in [0.25, 0.3) is 0 Å². The molecule has 0 aromatic carbocycles. The Morgan fingerprint density at radius 3 is 2.46 bits per heavy atom. The van der Waals surface area contributed by atoms with Crippen molar-refractivity contribution in [2.24, 2.45) is 5.41 Å². The van der Waals surface area contributed by atoms with Gasteiger partial charge in [0.15, 0.2) is 0 Å². The molecule has 0 radical (unpaired) electrons. The Balaban J connectivity index is 0.00000144. The SMILES string of the molecule is CC(=O)OCC1(CO[C-]=O)CC1.[Ce]. The Hall–Kier alpha value is 0.317. The fourth-order valence-electron chi connectivity index (χ4n) is 0.944. The van der Waals surface area contributed by atoms with E-state index in [2.05, 4.69) is 4.74 Å². The molecule has 0 amide bonds. The molecule has 0 saturated heterocycles. The molecule has 72 valence electrons. The van der Waals surface area contributed by atoms with Crippen LogP contribution in [-0.4, -0.2) is 25.7 Å². The van der Waals surface area contributed by atoms with Crippen molar-refractivity contribution in [3.8, 4) is 0 Å². The van der Waals surface area contributed by atoms with E-state index in [9.17, 15) is 9.59 Å². The normalized spacial score (nSPS) is 16.7. The molecule has 1 saturated carbocycles. The number of carbonyl (C=O) groups is 1. The zero-order valence-corrected chi connectivity index (χ0v) is 10.6. The average Bonchev–Trinajstić information content (AvgIpc) is 2.79. The van der Waals surface area contributed by atoms with Crippen LogP contribution in [0.15, 0.2) is 0 Å². The molecule has 1 aliphatic carbocycles. The second kappa shape index (κ2) is 5.92. The predicted octanol–water partition coefficient (Wildman–Crippen LogP) is 0.413. The molecule has 1 fully saturated rings. The van der Waals surface area contributed by atoms with Gasteiger partial charge in [0.05, 0.1) is 6.61 Å². The summed E-state index contributed by atoms with van der Waals surface area (Å²) in [4.78, 5) is 20.2. The van der Waals surface area contributed by atoms with Gasteiger partial charge in [0, 0.05) is 54.1 Å². The summed E-state index contributed by atoms with van der Waals surface area (Å²) in [5.74, 6) is -0.295. The summed E-state index contributed by atoms with van der Waals surface area (Å²) in [6.45, 7) is 3.39. The van der Waals surface area contributed by atoms with Crippen LogP contribution in [0.4, 0.5) is 0 Å². The number of esters is 1. The summed E-state index contributed by atoms with van der Waals surface area (Å²) in [6.07, 6.45) is 1.89. The number of hydrogen-bond donors (Lipinski definition) is 0. The Bertz CT molecular complexity index is 189. The largest absolute Gasteiger partial charge is 0.652 e. The summed E-state index contributed by atoms with van der Waals surface area (Å²) >= 11 is 0. The minimum atomic E-state index is -0.295. The molecule has 0 aromatic rings. The third-order valence-corrected chi connectivity index (χ3v) is 1.98. The quantitative estimate of drug-likeness (QED) is 0.545. The van der Waals surface area contributed by atoms with Crippen molar-refractivity contribution in [1.82, 2.24) is 0 Å². The molecule has 0 heterocycles. The van der Waals surface area contributed by atoms with Gasteiger partial charge in [-0.2, -0.15) is 0 Å². The first kappa shape index (κ1) is 13.3. The van der Waals surface area contributed by atoms with Crippen LogP contribution in [0, 0.1) is 47.2 Å². The van der Waals surface area contributed by atoms with Gasteiger partial charge in [0.1, 0.15) is 6.61 Å². The van der Waals surface area contributed by atoms with Crippen molar-refractivity contribution in [3.63, 3.8) is 0 Å². The van der Waals surface area contributed by atoms with E-state index < -0.39 is 0 Å². The fourth-order valence-corrected chi connectivity index (χ4v) is 0.944. The first-order valence-corrected chi connectivity index (χ1v) is 3.81. The summed E-state index contributed by atoms with van der Waals surface area (Å²) in [5.41, 5.74) is -0.0942. The van der Waals surface area contributed by atoms with Gasteiger partial charge >= 0.3 is 5.97 Å². The first-order chi connectivity index (χ1) is 5.68. The Morgan fingerprint density at radius 1 is 1.46 bits per heavy atom. The molecule has 0 N–H and O–H groups in total. The standard InChI is InChI=1S/C8H11O4.Ce/c1-7(10)12-5-8(2-3-8)4-11-6-9;/h2-5H2,1H3;/q-1;. The van der Waals surface area contributed by atoms with E-state index >= 15 is 0 Å². The van der Waals surface area contributed by atoms with Crippen LogP contribution in [0.3, 0.4) is 0 Å². The van der Waals surface area contributed by atoms with E-state index in [1.165, 1.54) is 13.4 Å². The zero-order chi connectivity index (χ0) is 9.03. The zero-order valence-electron chi connectivity index (χ0n) is 7.46. The predicted molar refractivity (Wildman–Crippen MR) is 39.9 cm³/mol. The number of ether oxygens (including phenoxy) is 2. The van der Waals surface area contributed by atoms with Crippen LogP contribution in [0.1, 0.15) is 19.8 Å². The summed E-state index contributed by atoms with van der Waals surface area (Å²) in [5, 5.41) is 0. The van der Waals surface area contributed by atoms with Gasteiger partial charge in [-0.15, -0.1) is 0 Å². The summed E-state index contributed by atoms with van der Waals surface area (Å²) in [7, 11) is 0. The molecule has 13 heavy (non-hydrogen) atoms. The molecule has 4 nitrogen and oxygen atoms in total. The van der Waals surface area contributed by atoms with Crippen molar-refractivity contribution in [3.05, 3.63) is 0 Å².